The summed E-state index contributed by atoms with van der Waals surface area (Å²) in [4.78, 5) is 14.0. The molecule has 0 fully saturated rings. The van der Waals surface area contributed by atoms with Crippen molar-refractivity contribution in [3.63, 3.8) is 0 Å². The summed E-state index contributed by atoms with van der Waals surface area (Å²) < 4.78 is 4.44. The molecule has 5 nitrogen and oxygen atoms in total. The van der Waals surface area contributed by atoms with Crippen LogP contribution in [0.2, 0.25) is 13.3 Å². The molecule has 23 heavy (non-hydrogen) atoms. The maximum absolute atomic E-state index is 11.5. The fourth-order valence-corrected chi connectivity index (χ4v) is 19.8. The van der Waals surface area contributed by atoms with Gasteiger partial charge in [0.05, 0.1) is 0 Å². The third-order valence-electron chi connectivity index (χ3n) is 4.70. The standard InChI is InChI=1S/C5H2N3O2.3C4H9.Sn/c6-3-4-1-2-5(7-4)8(9)10;3*1-3-4-2;/h1,7H;3*1,3-4H2,2H3;. The minimum atomic E-state index is -2.87. The number of hydrogen-bond donors (Lipinski definition) is 1. The number of aromatic amines is 1. The molecular formula is C17H29N3O2Sn. The van der Waals surface area contributed by atoms with Crippen molar-refractivity contribution in [1.82, 2.24) is 4.98 Å². The van der Waals surface area contributed by atoms with E-state index in [-0.39, 0.29) is 10.7 Å². The summed E-state index contributed by atoms with van der Waals surface area (Å²) >= 11 is -2.87. The number of rotatable bonds is 11. The van der Waals surface area contributed by atoms with Crippen molar-refractivity contribution in [2.75, 3.05) is 0 Å². The normalized spacial score (nSPS) is 11.4. The van der Waals surface area contributed by atoms with Crippen LogP contribution >= 0.6 is 0 Å². The Morgan fingerprint density at radius 2 is 1.61 bits per heavy atom. The predicted molar refractivity (Wildman–Crippen MR) is 96.7 cm³/mol. The van der Waals surface area contributed by atoms with Gasteiger partial charge in [-0.2, -0.15) is 0 Å². The van der Waals surface area contributed by atoms with Crippen LogP contribution in [0.15, 0.2) is 6.07 Å². The van der Waals surface area contributed by atoms with Gasteiger partial charge in [0.1, 0.15) is 0 Å². The van der Waals surface area contributed by atoms with E-state index in [9.17, 15) is 15.4 Å². The summed E-state index contributed by atoms with van der Waals surface area (Å²) in [5.74, 6) is 0.112. The molecular weight excluding hydrogens is 397 g/mol. The molecule has 1 aromatic heterocycles. The summed E-state index contributed by atoms with van der Waals surface area (Å²) in [6.45, 7) is 6.55. The second kappa shape index (κ2) is 9.96. The Kier molecular flexibility index (Phi) is 8.67. The van der Waals surface area contributed by atoms with Gasteiger partial charge in [-0.15, -0.1) is 0 Å². The van der Waals surface area contributed by atoms with Crippen LogP contribution in [0.1, 0.15) is 65.0 Å². The van der Waals surface area contributed by atoms with E-state index in [2.05, 4.69) is 31.8 Å². The Morgan fingerprint density at radius 3 is 1.96 bits per heavy atom. The first-order valence-corrected chi connectivity index (χ1v) is 16.3. The Hall–Kier alpha value is -1.03. The van der Waals surface area contributed by atoms with Gasteiger partial charge < -0.3 is 0 Å². The zero-order valence-electron chi connectivity index (χ0n) is 14.7. The SMILES string of the molecule is CCC[CH2][Sn]([CH2]CCC)([CH2]CCC)[c]1cc(C#N)[nH]c1[N+](=O)[O-]. The van der Waals surface area contributed by atoms with Crippen molar-refractivity contribution >= 4 is 27.8 Å². The number of aromatic nitrogens is 1. The van der Waals surface area contributed by atoms with Crippen molar-refractivity contribution in [3.05, 3.63) is 21.9 Å². The molecule has 0 unspecified atom stereocenters. The molecule has 1 N–H and O–H groups in total. The monoisotopic (exact) mass is 427 g/mol. The van der Waals surface area contributed by atoms with Gasteiger partial charge in [-0.05, 0) is 0 Å². The Balaban J connectivity index is 3.36. The van der Waals surface area contributed by atoms with E-state index in [1.807, 2.05) is 6.07 Å². The summed E-state index contributed by atoms with van der Waals surface area (Å²) in [6, 6.07) is 3.87. The average Bonchev–Trinajstić information content (AvgIpc) is 3.00. The molecule has 0 saturated heterocycles. The fourth-order valence-electron chi connectivity index (χ4n) is 3.38. The van der Waals surface area contributed by atoms with Crippen LogP contribution < -0.4 is 3.58 Å². The van der Waals surface area contributed by atoms with Crippen molar-refractivity contribution in [2.24, 2.45) is 0 Å². The first kappa shape index (κ1) is 20.0. The van der Waals surface area contributed by atoms with Gasteiger partial charge in [0.25, 0.3) is 0 Å². The van der Waals surface area contributed by atoms with E-state index in [4.69, 9.17) is 0 Å². The summed E-state index contributed by atoms with van der Waals surface area (Å²) in [6.07, 6.45) is 6.82. The van der Waals surface area contributed by atoms with Crippen molar-refractivity contribution < 1.29 is 4.92 Å². The van der Waals surface area contributed by atoms with Gasteiger partial charge in [-0.3, -0.25) is 0 Å². The molecule has 0 aliphatic rings. The second-order valence-electron chi connectivity index (χ2n) is 6.41. The van der Waals surface area contributed by atoms with Gasteiger partial charge in [0.2, 0.25) is 0 Å². The number of nitrogens with zero attached hydrogens (tertiary/aromatic N) is 2. The van der Waals surface area contributed by atoms with Gasteiger partial charge in [-0.25, -0.2) is 0 Å². The predicted octanol–water partition coefficient (Wildman–Crippen LogP) is 4.85. The van der Waals surface area contributed by atoms with Gasteiger partial charge in [0, 0.05) is 0 Å². The van der Waals surface area contributed by atoms with Gasteiger partial charge in [-0.1, -0.05) is 0 Å². The minimum absolute atomic E-state index is 0.112. The molecule has 0 atom stereocenters. The van der Waals surface area contributed by atoms with Crippen LogP contribution in [-0.2, 0) is 0 Å². The molecule has 0 amide bonds. The molecule has 1 rings (SSSR count). The van der Waals surface area contributed by atoms with Crippen LogP contribution in [0.4, 0.5) is 5.82 Å². The fraction of sp³-hybridized carbons (Fsp3) is 0.706. The number of unbranched alkanes of at least 4 members (excludes halogenated alkanes) is 3. The molecule has 0 bridgehead atoms. The van der Waals surface area contributed by atoms with Crippen molar-refractivity contribution in [3.8, 4) is 6.07 Å². The van der Waals surface area contributed by atoms with Gasteiger partial charge >= 0.3 is 143 Å². The molecule has 1 aromatic rings. The summed E-state index contributed by atoms with van der Waals surface area (Å²) in [5, 5.41) is 20.7. The Morgan fingerprint density at radius 1 is 1.13 bits per heavy atom. The molecule has 6 heteroatoms. The number of hydrogen-bond acceptors (Lipinski definition) is 3. The Labute approximate surface area is 143 Å². The molecule has 0 aliphatic carbocycles. The zero-order chi connectivity index (χ0) is 17.3. The van der Waals surface area contributed by atoms with Crippen LogP contribution in [0, 0.1) is 21.4 Å². The first-order chi connectivity index (χ1) is 11.0. The summed E-state index contributed by atoms with van der Waals surface area (Å²) in [7, 11) is 0. The van der Waals surface area contributed by atoms with Crippen LogP contribution in [0.3, 0.4) is 0 Å². The van der Waals surface area contributed by atoms with E-state index < -0.39 is 18.4 Å². The average molecular weight is 426 g/mol. The zero-order valence-corrected chi connectivity index (χ0v) is 17.5. The van der Waals surface area contributed by atoms with E-state index in [0.29, 0.717) is 5.69 Å². The van der Waals surface area contributed by atoms with Crippen molar-refractivity contribution in [1.29, 1.82) is 5.26 Å². The van der Waals surface area contributed by atoms with Gasteiger partial charge in [0.15, 0.2) is 0 Å². The molecule has 0 saturated carbocycles. The summed E-state index contributed by atoms with van der Waals surface area (Å²) in [5.41, 5.74) is 0.345. The number of H-pyrrole nitrogens is 1. The van der Waals surface area contributed by atoms with E-state index >= 15 is 0 Å². The van der Waals surface area contributed by atoms with Crippen LogP contribution in [0.25, 0.3) is 0 Å². The Bertz CT molecular complexity index is 527. The number of nitrogens with one attached hydrogen (secondary N) is 1. The topological polar surface area (TPSA) is 82.7 Å². The van der Waals surface area contributed by atoms with Crippen molar-refractivity contribution in [2.45, 2.75) is 72.6 Å². The van der Waals surface area contributed by atoms with Crippen LogP contribution in [-0.4, -0.2) is 28.3 Å². The molecule has 0 aliphatic heterocycles. The second-order valence-corrected chi connectivity index (χ2v) is 19.5. The molecule has 0 spiro atoms. The van der Waals surface area contributed by atoms with E-state index in [1.165, 1.54) is 0 Å². The first-order valence-electron chi connectivity index (χ1n) is 8.82. The number of nitro groups is 1. The molecule has 0 radical (unpaired) electrons. The van der Waals surface area contributed by atoms with E-state index in [0.717, 1.165) is 55.4 Å². The number of nitriles is 1. The molecule has 1 heterocycles. The van der Waals surface area contributed by atoms with E-state index in [1.54, 1.807) is 0 Å². The maximum atomic E-state index is 11.5. The molecule has 0 aromatic carbocycles. The third-order valence-corrected chi connectivity index (χ3v) is 20.3. The third kappa shape index (κ3) is 5.23. The van der Waals surface area contributed by atoms with Crippen LogP contribution in [0.5, 0.6) is 0 Å². The quantitative estimate of drug-likeness (QED) is 0.312. The molecule has 128 valence electrons.